The van der Waals surface area contributed by atoms with Gasteiger partial charge in [-0.05, 0) is 25.0 Å². The van der Waals surface area contributed by atoms with Crippen LogP contribution in [0.5, 0.6) is 0 Å². The monoisotopic (exact) mass is 339 g/mol. The van der Waals surface area contributed by atoms with Crippen molar-refractivity contribution in [2.45, 2.75) is 12.8 Å². The standard InChI is InChI=1S/C14H17N3O3S2/c1-22(19,20)17-8-4-5-10(9-17)13(18)16-14-15-11-6-2-3-7-12(11)21-14/h2-3,6-7,10H,4-5,8-9H2,1H3,(H,15,16,18). The van der Waals surface area contributed by atoms with Crippen molar-refractivity contribution in [3.8, 4) is 0 Å². The van der Waals surface area contributed by atoms with Gasteiger partial charge < -0.3 is 5.32 Å². The molecule has 2 heterocycles. The van der Waals surface area contributed by atoms with E-state index in [1.807, 2.05) is 24.3 Å². The molecule has 1 atom stereocenters. The van der Waals surface area contributed by atoms with E-state index < -0.39 is 10.0 Å². The van der Waals surface area contributed by atoms with E-state index in [2.05, 4.69) is 10.3 Å². The van der Waals surface area contributed by atoms with Crippen LogP contribution in [0.2, 0.25) is 0 Å². The van der Waals surface area contributed by atoms with Crippen molar-refractivity contribution in [1.29, 1.82) is 0 Å². The minimum absolute atomic E-state index is 0.160. The van der Waals surface area contributed by atoms with Crippen LogP contribution in [0.4, 0.5) is 5.13 Å². The summed E-state index contributed by atoms with van der Waals surface area (Å²) in [6.45, 7) is 0.735. The molecule has 1 aliphatic rings. The molecule has 118 valence electrons. The lowest BCUT2D eigenvalue weighted by atomic mass is 9.99. The Bertz CT molecular complexity index is 768. The Hall–Kier alpha value is -1.51. The number of rotatable bonds is 3. The van der Waals surface area contributed by atoms with Crippen LogP contribution in [-0.4, -0.2) is 43.0 Å². The van der Waals surface area contributed by atoms with E-state index in [1.165, 1.54) is 21.9 Å². The molecule has 1 N–H and O–H groups in total. The summed E-state index contributed by atoms with van der Waals surface area (Å²) in [6.07, 6.45) is 2.58. The summed E-state index contributed by atoms with van der Waals surface area (Å²) in [4.78, 5) is 16.7. The van der Waals surface area contributed by atoms with Crippen molar-refractivity contribution < 1.29 is 13.2 Å². The van der Waals surface area contributed by atoms with Crippen molar-refractivity contribution in [3.05, 3.63) is 24.3 Å². The van der Waals surface area contributed by atoms with Crippen LogP contribution in [0, 0.1) is 5.92 Å². The lowest BCUT2D eigenvalue weighted by Gasteiger charge is -2.29. The number of fused-ring (bicyclic) bond motifs is 1. The van der Waals surface area contributed by atoms with Gasteiger partial charge in [-0.25, -0.2) is 17.7 Å². The lowest BCUT2D eigenvalue weighted by molar-refractivity contribution is -0.120. The van der Waals surface area contributed by atoms with Gasteiger partial charge in [0.15, 0.2) is 5.13 Å². The number of anilines is 1. The lowest BCUT2D eigenvalue weighted by Crippen LogP contribution is -2.43. The molecule has 2 aromatic rings. The number of carbonyl (C=O) groups is 1. The molecule has 1 fully saturated rings. The fourth-order valence-electron chi connectivity index (χ4n) is 2.59. The number of thiazole rings is 1. The largest absolute Gasteiger partial charge is 0.302 e. The van der Waals surface area contributed by atoms with E-state index in [9.17, 15) is 13.2 Å². The summed E-state index contributed by atoms with van der Waals surface area (Å²) in [5.41, 5.74) is 0.851. The molecule has 1 unspecified atom stereocenters. The van der Waals surface area contributed by atoms with Gasteiger partial charge in [-0.15, -0.1) is 0 Å². The number of carbonyl (C=O) groups excluding carboxylic acids is 1. The second kappa shape index (κ2) is 5.94. The van der Waals surface area contributed by atoms with Gasteiger partial charge in [0.2, 0.25) is 15.9 Å². The number of hydrogen-bond donors (Lipinski definition) is 1. The summed E-state index contributed by atoms with van der Waals surface area (Å²) in [6, 6.07) is 7.68. The number of nitrogens with one attached hydrogen (secondary N) is 1. The summed E-state index contributed by atoms with van der Waals surface area (Å²) in [5, 5.41) is 3.38. The van der Waals surface area contributed by atoms with E-state index in [0.717, 1.165) is 10.2 Å². The molecule has 3 rings (SSSR count). The van der Waals surface area contributed by atoms with Crippen molar-refractivity contribution in [1.82, 2.24) is 9.29 Å². The maximum absolute atomic E-state index is 12.4. The molecule has 0 saturated carbocycles. The zero-order valence-electron chi connectivity index (χ0n) is 12.2. The molecule has 0 spiro atoms. The summed E-state index contributed by atoms with van der Waals surface area (Å²) in [5.74, 6) is -0.483. The summed E-state index contributed by atoms with van der Waals surface area (Å²) < 4.78 is 25.6. The van der Waals surface area contributed by atoms with Gasteiger partial charge in [-0.2, -0.15) is 0 Å². The average molecular weight is 339 g/mol. The Labute approximate surface area is 133 Å². The zero-order chi connectivity index (χ0) is 15.7. The first kappa shape index (κ1) is 15.4. The number of sulfonamides is 1. The molecular weight excluding hydrogens is 322 g/mol. The highest BCUT2D eigenvalue weighted by Crippen LogP contribution is 2.27. The number of aromatic nitrogens is 1. The number of para-hydroxylation sites is 1. The molecule has 1 aliphatic heterocycles. The molecule has 1 aromatic carbocycles. The fourth-order valence-corrected chi connectivity index (χ4v) is 4.37. The Morgan fingerprint density at radius 3 is 2.91 bits per heavy atom. The predicted molar refractivity (Wildman–Crippen MR) is 87.4 cm³/mol. The third-order valence-corrected chi connectivity index (χ3v) is 5.97. The highest BCUT2D eigenvalue weighted by molar-refractivity contribution is 7.88. The van der Waals surface area contributed by atoms with Crippen molar-refractivity contribution in [3.63, 3.8) is 0 Å². The Balaban J connectivity index is 1.71. The van der Waals surface area contributed by atoms with E-state index in [0.29, 0.717) is 24.5 Å². The van der Waals surface area contributed by atoms with Gasteiger partial charge in [-0.3, -0.25) is 4.79 Å². The molecule has 6 nitrogen and oxygen atoms in total. The first-order chi connectivity index (χ1) is 10.4. The van der Waals surface area contributed by atoms with Gasteiger partial charge in [0.25, 0.3) is 0 Å². The highest BCUT2D eigenvalue weighted by Gasteiger charge is 2.30. The van der Waals surface area contributed by atoms with Gasteiger partial charge in [0, 0.05) is 13.1 Å². The quantitative estimate of drug-likeness (QED) is 0.926. The fraction of sp³-hybridized carbons (Fsp3) is 0.429. The predicted octanol–water partition coefficient (Wildman–Crippen LogP) is 1.91. The SMILES string of the molecule is CS(=O)(=O)N1CCCC(C(=O)Nc2nc3ccccc3s2)C1. The number of nitrogens with zero attached hydrogens (tertiary/aromatic N) is 2. The molecule has 1 amide bonds. The smallest absolute Gasteiger partial charge is 0.230 e. The zero-order valence-corrected chi connectivity index (χ0v) is 13.8. The highest BCUT2D eigenvalue weighted by atomic mass is 32.2. The second-order valence-corrected chi connectivity index (χ2v) is 8.45. The Morgan fingerprint density at radius 2 is 2.18 bits per heavy atom. The summed E-state index contributed by atoms with van der Waals surface area (Å²) in [7, 11) is -3.25. The molecule has 0 bridgehead atoms. The minimum atomic E-state index is -3.25. The van der Waals surface area contributed by atoms with Crippen LogP contribution in [0.3, 0.4) is 0 Å². The number of hydrogen-bond acceptors (Lipinski definition) is 5. The van der Waals surface area contributed by atoms with Gasteiger partial charge >= 0.3 is 0 Å². The van der Waals surface area contributed by atoms with Gasteiger partial charge in [-0.1, -0.05) is 23.5 Å². The summed E-state index contributed by atoms with van der Waals surface area (Å²) >= 11 is 1.42. The van der Waals surface area contributed by atoms with Crippen LogP contribution in [-0.2, 0) is 14.8 Å². The number of benzene rings is 1. The molecule has 0 radical (unpaired) electrons. The third-order valence-electron chi connectivity index (χ3n) is 3.75. The maximum atomic E-state index is 12.4. The van der Waals surface area contributed by atoms with E-state index in [1.54, 1.807) is 0 Å². The molecule has 0 aliphatic carbocycles. The second-order valence-electron chi connectivity index (χ2n) is 5.44. The van der Waals surface area contributed by atoms with Crippen LogP contribution < -0.4 is 5.32 Å². The van der Waals surface area contributed by atoms with Crippen LogP contribution in [0.25, 0.3) is 10.2 Å². The molecule has 8 heteroatoms. The van der Waals surface area contributed by atoms with Crippen molar-refractivity contribution >= 4 is 42.6 Å². The first-order valence-electron chi connectivity index (χ1n) is 7.05. The van der Waals surface area contributed by atoms with E-state index in [-0.39, 0.29) is 18.4 Å². The van der Waals surface area contributed by atoms with Crippen molar-refractivity contribution in [2.24, 2.45) is 5.92 Å². The number of amides is 1. The first-order valence-corrected chi connectivity index (χ1v) is 9.71. The van der Waals surface area contributed by atoms with Crippen molar-refractivity contribution in [2.75, 3.05) is 24.7 Å². The molecule has 22 heavy (non-hydrogen) atoms. The van der Waals surface area contributed by atoms with Gasteiger partial charge in [0.1, 0.15) is 0 Å². The maximum Gasteiger partial charge on any atom is 0.230 e. The normalized spacial score (nSPS) is 20.1. The van der Waals surface area contributed by atoms with Crippen LogP contribution in [0.1, 0.15) is 12.8 Å². The average Bonchev–Trinajstić information content (AvgIpc) is 2.88. The van der Waals surface area contributed by atoms with E-state index in [4.69, 9.17) is 0 Å². The third kappa shape index (κ3) is 3.29. The molecule has 1 saturated heterocycles. The minimum Gasteiger partial charge on any atom is -0.302 e. The van der Waals surface area contributed by atoms with E-state index >= 15 is 0 Å². The number of piperidine rings is 1. The Morgan fingerprint density at radius 1 is 1.41 bits per heavy atom. The molecular formula is C14H17N3O3S2. The Kier molecular flexibility index (Phi) is 4.16. The van der Waals surface area contributed by atoms with Gasteiger partial charge in [0.05, 0.1) is 22.4 Å². The topological polar surface area (TPSA) is 79.4 Å². The van der Waals surface area contributed by atoms with Crippen LogP contribution >= 0.6 is 11.3 Å². The van der Waals surface area contributed by atoms with Crippen LogP contribution in [0.15, 0.2) is 24.3 Å². The molecule has 1 aromatic heterocycles.